The molecule has 0 bridgehead atoms. The standard InChI is InChI=1S/C12H12FN3O2/c13-4-1-5-14-11-6-10-8(7-15-11)2-3-9(16-10)12(17)18/h2-3,6-7H,1,4-5H2,(H,14,15)(H,17,18). The lowest BCUT2D eigenvalue weighted by molar-refractivity contribution is 0.0691. The number of fused-ring (bicyclic) bond motifs is 1. The van der Waals surface area contributed by atoms with E-state index in [2.05, 4.69) is 15.3 Å². The maximum atomic E-state index is 12.0. The normalized spacial score (nSPS) is 10.5. The van der Waals surface area contributed by atoms with Gasteiger partial charge in [0.15, 0.2) is 0 Å². The number of aromatic nitrogens is 2. The fraction of sp³-hybridized carbons (Fsp3) is 0.250. The number of carbonyl (C=O) groups is 1. The molecule has 94 valence electrons. The van der Waals surface area contributed by atoms with Crippen molar-refractivity contribution in [1.82, 2.24) is 9.97 Å². The molecule has 0 spiro atoms. The first-order valence-corrected chi connectivity index (χ1v) is 5.50. The summed E-state index contributed by atoms with van der Waals surface area (Å²) < 4.78 is 12.0. The smallest absolute Gasteiger partial charge is 0.354 e. The predicted octanol–water partition coefficient (Wildman–Crippen LogP) is 2.10. The van der Waals surface area contributed by atoms with Crippen LogP contribution in [-0.2, 0) is 0 Å². The third kappa shape index (κ3) is 2.71. The van der Waals surface area contributed by atoms with Gasteiger partial charge >= 0.3 is 5.97 Å². The number of aromatic carboxylic acids is 1. The van der Waals surface area contributed by atoms with Gasteiger partial charge in [-0.3, -0.25) is 4.39 Å². The third-order valence-electron chi connectivity index (χ3n) is 2.41. The maximum absolute atomic E-state index is 12.0. The summed E-state index contributed by atoms with van der Waals surface area (Å²) in [5.41, 5.74) is 0.538. The van der Waals surface area contributed by atoms with Crippen molar-refractivity contribution in [3.05, 3.63) is 30.1 Å². The fourth-order valence-electron chi connectivity index (χ4n) is 1.52. The zero-order valence-electron chi connectivity index (χ0n) is 9.56. The highest BCUT2D eigenvalue weighted by Crippen LogP contribution is 2.15. The minimum Gasteiger partial charge on any atom is -0.477 e. The molecule has 0 unspecified atom stereocenters. The van der Waals surface area contributed by atoms with Crippen LogP contribution in [0.25, 0.3) is 10.9 Å². The van der Waals surface area contributed by atoms with Gasteiger partial charge in [0, 0.05) is 24.2 Å². The van der Waals surface area contributed by atoms with Crippen molar-refractivity contribution < 1.29 is 14.3 Å². The Morgan fingerprint density at radius 1 is 1.44 bits per heavy atom. The molecular formula is C12H12FN3O2. The first kappa shape index (κ1) is 12.2. The van der Waals surface area contributed by atoms with E-state index in [4.69, 9.17) is 5.11 Å². The molecule has 2 rings (SSSR count). The topological polar surface area (TPSA) is 75.1 Å². The summed E-state index contributed by atoms with van der Waals surface area (Å²) in [6, 6.07) is 4.74. The SMILES string of the molecule is O=C(O)c1ccc2cnc(NCCCF)cc2n1. The van der Waals surface area contributed by atoms with Crippen LogP contribution in [0.1, 0.15) is 16.9 Å². The highest BCUT2D eigenvalue weighted by Gasteiger charge is 2.06. The van der Waals surface area contributed by atoms with Crippen molar-refractivity contribution in [2.45, 2.75) is 6.42 Å². The van der Waals surface area contributed by atoms with E-state index in [1.165, 1.54) is 6.07 Å². The number of hydrogen-bond donors (Lipinski definition) is 2. The summed E-state index contributed by atoms with van der Waals surface area (Å²) in [6.07, 6.45) is 2.01. The average Bonchev–Trinajstić information content (AvgIpc) is 2.38. The largest absolute Gasteiger partial charge is 0.477 e. The molecule has 5 nitrogen and oxygen atoms in total. The van der Waals surface area contributed by atoms with Gasteiger partial charge in [0.2, 0.25) is 0 Å². The first-order valence-electron chi connectivity index (χ1n) is 5.50. The van der Waals surface area contributed by atoms with Crippen molar-refractivity contribution in [3.63, 3.8) is 0 Å². The Balaban J connectivity index is 2.27. The van der Waals surface area contributed by atoms with Crippen LogP contribution >= 0.6 is 0 Å². The monoisotopic (exact) mass is 249 g/mol. The summed E-state index contributed by atoms with van der Waals surface area (Å²) >= 11 is 0. The van der Waals surface area contributed by atoms with Gasteiger partial charge in [-0.1, -0.05) is 0 Å². The van der Waals surface area contributed by atoms with E-state index in [0.29, 0.717) is 24.3 Å². The van der Waals surface area contributed by atoms with Gasteiger partial charge in [-0.25, -0.2) is 14.8 Å². The molecule has 0 aliphatic carbocycles. The summed E-state index contributed by atoms with van der Waals surface area (Å²) in [6.45, 7) is 0.0929. The number of pyridine rings is 2. The molecule has 0 fully saturated rings. The maximum Gasteiger partial charge on any atom is 0.354 e. The number of alkyl halides is 1. The molecule has 2 aromatic rings. The summed E-state index contributed by atoms with van der Waals surface area (Å²) in [7, 11) is 0. The number of rotatable bonds is 5. The number of carboxylic acids is 1. The Labute approximate surface area is 103 Å². The van der Waals surface area contributed by atoms with E-state index in [0.717, 1.165) is 5.39 Å². The Morgan fingerprint density at radius 3 is 3.00 bits per heavy atom. The Bertz CT molecular complexity index is 574. The van der Waals surface area contributed by atoms with Gasteiger partial charge in [0.25, 0.3) is 0 Å². The third-order valence-corrected chi connectivity index (χ3v) is 2.41. The number of nitrogens with zero attached hydrogens (tertiary/aromatic N) is 2. The van der Waals surface area contributed by atoms with Gasteiger partial charge in [-0.15, -0.1) is 0 Å². The molecule has 0 atom stereocenters. The van der Waals surface area contributed by atoms with E-state index in [1.54, 1.807) is 18.3 Å². The minimum atomic E-state index is -1.07. The van der Waals surface area contributed by atoms with Gasteiger partial charge < -0.3 is 10.4 Å². The first-order chi connectivity index (χ1) is 8.70. The lowest BCUT2D eigenvalue weighted by atomic mass is 10.2. The molecule has 2 aromatic heterocycles. The molecule has 0 aliphatic rings. The molecule has 0 saturated carbocycles. The Hall–Kier alpha value is -2.24. The summed E-state index contributed by atoms with van der Waals surface area (Å²) in [4.78, 5) is 18.9. The molecule has 0 aromatic carbocycles. The number of nitrogens with one attached hydrogen (secondary N) is 1. The van der Waals surface area contributed by atoms with Crippen LogP contribution in [-0.4, -0.2) is 34.3 Å². The van der Waals surface area contributed by atoms with Crippen LogP contribution in [0.2, 0.25) is 0 Å². The van der Waals surface area contributed by atoms with E-state index >= 15 is 0 Å². The number of halogens is 1. The van der Waals surface area contributed by atoms with E-state index in [1.807, 2.05) is 0 Å². The minimum absolute atomic E-state index is 0.0107. The molecule has 0 amide bonds. The van der Waals surface area contributed by atoms with Crippen molar-refractivity contribution in [2.24, 2.45) is 0 Å². The van der Waals surface area contributed by atoms with Crippen LogP contribution in [0.4, 0.5) is 10.2 Å². The van der Waals surface area contributed by atoms with Crippen LogP contribution < -0.4 is 5.32 Å². The molecule has 6 heteroatoms. The molecular weight excluding hydrogens is 237 g/mol. The summed E-state index contributed by atoms with van der Waals surface area (Å²) in [5.74, 6) is -0.508. The number of hydrogen-bond acceptors (Lipinski definition) is 4. The van der Waals surface area contributed by atoms with E-state index in [-0.39, 0.29) is 12.4 Å². The molecule has 2 heterocycles. The Kier molecular flexibility index (Phi) is 3.66. The van der Waals surface area contributed by atoms with Crippen LogP contribution in [0.5, 0.6) is 0 Å². The lowest BCUT2D eigenvalue weighted by Crippen LogP contribution is -2.04. The number of carboxylic acid groups (broad SMARTS) is 1. The molecule has 2 N–H and O–H groups in total. The lowest BCUT2D eigenvalue weighted by Gasteiger charge is -2.05. The molecule has 0 aliphatic heterocycles. The number of anilines is 1. The zero-order chi connectivity index (χ0) is 13.0. The second-order valence-electron chi connectivity index (χ2n) is 3.73. The zero-order valence-corrected chi connectivity index (χ0v) is 9.56. The summed E-state index contributed by atoms with van der Waals surface area (Å²) in [5, 5.41) is 12.6. The molecule has 0 saturated heterocycles. The fourth-order valence-corrected chi connectivity index (χ4v) is 1.52. The second kappa shape index (κ2) is 5.39. The van der Waals surface area contributed by atoms with Gasteiger partial charge in [-0.2, -0.15) is 0 Å². The average molecular weight is 249 g/mol. The van der Waals surface area contributed by atoms with Crippen molar-refractivity contribution in [3.8, 4) is 0 Å². The van der Waals surface area contributed by atoms with Crippen LogP contribution in [0.3, 0.4) is 0 Å². The Morgan fingerprint density at radius 2 is 2.28 bits per heavy atom. The van der Waals surface area contributed by atoms with Crippen LogP contribution in [0.15, 0.2) is 24.4 Å². The van der Waals surface area contributed by atoms with E-state index in [9.17, 15) is 9.18 Å². The highest BCUT2D eigenvalue weighted by molar-refractivity contribution is 5.90. The van der Waals surface area contributed by atoms with Crippen molar-refractivity contribution in [1.29, 1.82) is 0 Å². The van der Waals surface area contributed by atoms with Gasteiger partial charge in [0.1, 0.15) is 11.5 Å². The molecule has 0 radical (unpaired) electrons. The van der Waals surface area contributed by atoms with Gasteiger partial charge in [0.05, 0.1) is 12.2 Å². The predicted molar refractivity (Wildman–Crippen MR) is 65.6 cm³/mol. The van der Waals surface area contributed by atoms with Crippen LogP contribution in [0, 0.1) is 0 Å². The quantitative estimate of drug-likeness (QED) is 0.794. The molecule has 18 heavy (non-hydrogen) atoms. The van der Waals surface area contributed by atoms with Gasteiger partial charge in [-0.05, 0) is 18.6 Å². The second-order valence-corrected chi connectivity index (χ2v) is 3.73. The van der Waals surface area contributed by atoms with Crippen molar-refractivity contribution in [2.75, 3.05) is 18.5 Å². The highest BCUT2D eigenvalue weighted by atomic mass is 19.1. The van der Waals surface area contributed by atoms with Crippen molar-refractivity contribution >= 4 is 22.7 Å². The van der Waals surface area contributed by atoms with E-state index < -0.39 is 5.97 Å².